The molecule has 2 heterocycles. The SMILES string of the molecule is O=C(NCC(c1ccc(-c2cccnc2)cc1)C1CCN(CC2CC2)CC1)Nc1cccc(Cl)c1. The molecule has 1 aromatic heterocycles. The highest BCUT2D eigenvalue weighted by atomic mass is 35.5. The average molecular weight is 489 g/mol. The van der Waals surface area contributed by atoms with E-state index in [0.717, 1.165) is 30.1 Å². The Morgan fingerprint density at radius 3 is 2.49 bits per heavy atom. The molecule has 2 fully saturated rings. The van der Waals surface area contributed by atoms with E-state index in [4.69, 9.17) is 11.6 Å². The number of amides is 2. The van der Waals surface area contributed by atoms with Crippen molar-refractivity contribution >= 4 is 23.3 Å². The van der Waals surface area contributed by atoms with E-state index in [9.17, 15) is 4.79 Å². The topological polar surface area (TPSA) is 57.3 Å². The van der Waals surface area contributed by atoms with E-state index in [-0.39, 0.29) is 11.9 Å². The first-order valence-electron chi connectivity index (χ1n) is 12.7. The minimum Gasteiger partial charge on any atom is -0.337 e. The van der Waals surface area contributed by atoms with Crippen LogP contribution in [0.4, 0.5) is 10.5 Å². The molecule has 35 heavy (non-hydrogen) atoms. The lowest BCUT2D eigenvalue weighted by Crippen LogP contribution is -2.40. The van der Waals surface area contributed by atoms with Crippen LogP contribution in [0.15, 0.2) is 73.1 Å². The van der Waals surface area contributed by atoms with Gasteiger partial charge in [0.25, 0.3) is 0 Å². The van der Waals surface area contributed by atoms with Gasteiger partial charge in [-0.3, -0.25) is 4.98 Å². The fourth-order valence-electron chi connectivity index (χ4n) is 5.16. The second-order valence-electron chi connectivity index (χ2n) is 9.90. The van der Waals surface area contributed by atoms with E-state index in [1.54, 1.807) is 18.3 Å². The van der Waals surface area contributed by atoms with Gasteiger partial charge in [0.05, 0.1) is 0 Å². The van der Waals surface area contributed by atoms with Crippen molar-refractivity contribution in [3.8, 4) is 11.1 Å². The summed E-state index contributed by atoms with van der Waals surface area (Å²) in [6.45, 7) is 4.17. The van der Waals surface area contributed by atoms with Crippen LogP contribution in [0.1, 0.15) is 37.2 Å². The number of nitrogens with zero attached hydrogens (tertiary/aromatic N) is 2. The number of hydrogen-bond acceptors (Lipinski definition) is 3. The number of nitrogens with one attached hydrogen (secondary N) is 2. The molecule has 1 aliphatic carbocycles. The van der Waals surface area contributed by atoms with Gasteiger partial charge < -0.3 is 15.5 Å². The molecular weight excluding hydrogens is 456 g/mol. The van der Waals surface area contributed by atoms with E-state index in [1.807, 2.05) is 24.4 Å². The highest BCUT2D eigenvalue weighted by Crippen LogP contribution is 2.36. The number of carbonyl (C=O) groups excluding carboxylic acids is 1. The average Bonchev–Trinajstić information content (AvgIpc) is 3.70. The Bertz CT molecular complexity index is 1110. The van der Waals surface area contributed by atoms with E-state index < -0.39 is 0 Å². The monoisotopic (exact) mass is 488 g/mol. The van der Waals surface area contributed by atoms with E-state index in [2.05, 4.69) is 50.8 Å². The molecule has 0 spiro atoms. The third kappa shape index (κ3) is 6.62. The third-order valence-electron chi connectivity index (χ3n) is 7.31. The molecule has 1 atom stereocenters. The summed E-state index contributed by atoms with van der Waals surface area (Å²) in [6, 6.07) is 19.9. The van der Waals surface area contributed by atoms with E-state index in [1.165, 1.54) is 37.8 Å². The molecule has 2 N–H and O–H groups in total. The van der Waals surface area contributed by atoms with Crippen LogP contribution in [0.2, 0.25) is 5.02 Å². The van der Waals surface area contributed by atoms with Crippen LogP contribution in [0.5, 0.6) is 0 Å². The number of anilines is 1. The van der Waals surface area contributed by atoms with Crippen molar-refractivity contribution in [3.63, 3.8) is 0 Å². The number of pyridine rings is 1. The van der Waals surface area contributed by atoms with Gasteiger partial charge in [0.15, 0.2) is 0 Å². The predicted molar refractivity (Wildman–Crippen MR) is 143 cm³/mol. The largest absolute Gasteiger partial charge is 0.337 e. The van der Waals surface area contributed by atoms with Gasteiger partial charge in [-0.1, -0.05) is 48.0 Å². The molecule has 5 rings (SSSR count). The maximum Gasteiger partial charge on any atom is 0.319 e. The van der Waals surface area contributed by atoms with Crippen molar-refractivity contribution in [2.24, 2.45) is 11.8 Å². The Morgan fingerprint density at radius 2 is 1.80 bits per heavy atom. The first-order chi connectivity index (χ1) is 17.1. The summed E-state index contributed by atoms with van der Waals surface area (Å²) in [5.74, 6) is 1.74. The Kier molecular flexibility index (Phi) is 7.65. The van der Waals surface area contributed by atoms with Crippen molar-refractivity contribution in [3.05, 3.63) is 83.6 Å². The zero-order chi connectivity index (χ0) is 24.0. The highest BCUT2D eigenvalue weighted by Gasteiger charge is 2.31. The van der Waals surface area contributed by atoms with Gasteiger partial charge in [-0.2, -0.15) is 0 Å². The van der Waals surface area contributed by atoms with Crippen LogP contribution in [-0.2, 0) is 0 Å². The summed E-state index contributed by atoms with van der Waals surface area (Å²) in [5, 5.41) is 6.64. The molecule has 182 valence electrons. The van der Waals surface area contributed by atoms with Crippen molar-refractivity contribution in [2.45, 2.75) is 31.6 Å². The Hall–Kier alpha value is -2.89. The zero-order valence-corrected chi connectivity index (χ0v) is 20.8. The summed E-state index contributed by atoms with van der Waals surface area (Å²) in [7, 11) is 0. The molecule has 1 unspecified atom stereocenters. The van der Waals surface area contributed by atoms with Crippen molar-refractivity contribution in [1.82, 2.24) is 15.2 Å². The van der Waals surface area contributed by atoms with Crippen molar-refractivity contribution in [1.29, 1.82) is 0 Å². The fraction of sp³-hybridized carbons (Fsp3) is 0.379. The van der Waals surface area contributed by atoms with Gasteiger partial charge in [-0.15, -0.1) is 0 Å². The molecule has 1 saturated carbocycles. The maximum absolute atomic E-state index is 12.7. The smallest absolute Gasteiger partial charge is 0.319 e. The second kappa shape index (κ2) is 11.2. The number of halogens is 1. The van der Waals surface area contributed by atoms with E-state index in [0.29, 0.717) is 23.2 Å². The number of aromatic nitrogens is 1. The highest BCUT2D eigenvalue weighted by molar-refractivity contribution is 6.30. The minimum absolute atomic E-state index is 0.199. The lowest BCUT2D eigenvalue weighted by atomic mass is 9.79. The summed E-state index contributed by atoms with van der Waals surface area (Å²) in [6.07, 6.45) is 8.82. The third-order valence-corrected chi connectivity index (χ3v) is 7.55. The molecule has 0 bridgehead atoms. The number of hydrogen-bond donors (Lipinski definition) is 2. The summed E-state index contributed by atoms with van der Waals surface area (Å²) in [5.41, 5.74) is 4.25. The van der Waals surface area contributed by atoms with Crippen molar-refractivity contribution < 1.29 is 4.79 Å². The molecule has 6 heteroatoms. The molecule has 2 aliphatic rings. The number of piperidine rings is 1. The van der Waals surface area contributed by atoms with Crippen LogP contribution in [0, 0.1) is 11.8 Å². The van der Waals surface area contributed by atoms with Gasteiger partial charge in [-0.25, -0.2) is 4.79 Å². The number of urea groups is 1. The predicted octanol–water partition coefficient (Wildman–Crippen LogP) is 6.43. The zero-order valence-electron chi connectivity index (χ0n) is 20.0. The van der Waals surface area contributed by atoms with E-state index >= 15 is 0 Å². The van der Waals surface area contributed by atoms with Gasteiger partial charge >= 0.3 is 6.03 Å². The normalized spacial score (nSPS) is 17.6. The minimum atomic E-state index is -0.199. The number of rotatable bonds is 8. The second-order valence-corrected chi connectivity index (χ2v) is 10.3. The first kappa shape index (κ1) is 23.8. The van der Waals surface area contributed by atoms with Crippen LogP contribution >= 0.6 is 11.6 Å². The van der Waals surface area contributed by atoms with Gasteiger partial charge in [0, 0.05) is 42.1 Å². The van der Waals surface area contributed by atoms with Crippen LogP contribution in [0.3, 0.4) is 0 Å². The van der Waals surface area contributed by atoms with Gasteiger partial charge in [-0.05, 0) is 91.6 Å². The quantitative estimate of drug-likeness (QED) is 0.384. The fourth-order valence-corrected chi connectivity index (χ4v) is 5.35. The van der Waals surface area contributed by atoms with Crippen LogP contribution in [0.25, 0.3) is 11.1 Å². The summed E-state index contributed by atoms with van der Waals surface area (Å²) < 4.78 is 0. The number of benzene rings is 2. The standard InChI is InChI=1S/C29H33ClN4O/c30-26-4-1-5-27(17-26)33-29(35)32-19-28(24-12-15-34(16-13-24)20-21-6-7-21)23-10-8-22(9-11-23)25-3-2-14-31-18-25/h1-5,8-11,14,17-18,21,24,28H,6-7,12-13,15-16,19-20H2,(H2,32,33,35). The van der Waals surface area contributed by atoms with Crippen LogP contribution < -0.4 is 10.6 Å². The molecule has 5 nitrogen and oxygen atoms in total. The number of carbonyl (C=O) groups is 1. The Morgan fingerprint density at radius 1 is 1.00 bits per heavy atom. The molecule has 3 aromatic rings. The maximum atomic E-state index is 12.7. The molecule has 1 aliphatic heterocycles. The Balaban J connectivity index is 1.27. The lowest BCUT2D eigenvalue weighted by Gasteiger charge is -2.36. The van der Waals surface area contributed by atoms with Crippen molar-refractivity contribution in [2.75, 3.05) is 31.5 Å². The first-order valence-corrected chi connectivity index (χ1v) is 13.0. The molecule has 2 aromatic carbocycles. The van der Waals surface area contributed by atoms with Gasteiger partial charge in [0.2, 0.25) is 0 Å². The summed E-state index contributed by atoms with van der Waals surface area (Å²) in [4.78, 5) is 19.6. The van der Waals surface area contributed by atoms with Gasteiger partial charge in [0.1, 0.15) is 0 Å². The van der Waals surface area contributed by atoms with Crippen LogP contribution in [-0.4, -0.2) is 42.1 Å². The lowest BCUT2D eigenvalue weighted by molar-refractivity contribution is 0.162. The summed E-state index contributed by atoms with van der Waals surface area (Å²) >= 11 is 6.06. The molecule has 0 radical (unpaired) electrons. The molecule has 1 saturated heterocycles. The Labute approximate surface area is 212 Å². The number of likely N-dealkylation sites (tertiary alicyclic amines) is 1. The molecule has 2 amide bonds. The molecular formula is C29H33ClN4O.